The second-order valence-corrected chi connectivity index (χ2v) is 8.11. The summed E-state index contributed by atoms with van der Waals surface area (Å²) in [6.45, 7) is 4.13. The number of amides is 2. The Morgan fingerprint density at radius 2 is 1.83 bits per heavy atom. The number of hydrogen-bond acceptors (Lipinski definition) is 6. The summed E-state index contributed by atoms with van der Waals surface area (Å²) in [7, 11) is 0. The van der Waals surface area contributed by atoms with Crippen LogP contribution in [0.25, 0.3) is 10.6 Å². The lowest BCUT2D eigenvalue weighted by molar-refractivity contribution is 0.123. The number of carbonyl (C=O) groups excluding carboxylic acids is 1. The lowest BCUT2D eigenvalue weighted by atomic mass is 9.93. The van der Waals surface area contributed by atoms with Gasteiger partial charge in [-0.25, -0.2) is 9.78 Å². The highest BCUT2D eigenvalue weighted by molar-refractivity contribution is 7.13. The van der Waals surface area contributed by atoms with Crippen LogP contribution in [0, 0.1) is 5.92 Å². The van der Waals surface area contributed by atoms with Crippen LogP contribution in [0.15, 0.2) is 53.9 Å². The number of ether oxygens (including phenoxy) is 1. The highest BCUT2D eigenvalue weighted by Gasteiger charge is 2.21. The van der Waals surface area contributed by atoms with Gasteiger partial charge < -0.3 is 10.1 Å². The maximum atomic E-state index is 12.4. The fraction of sp³-hybridized carbons (Fsp3) is 0.318. The van der Waals surface area contributed by atoms with Crippen LogP contribution in [-0.4, -0.2) is 35.2 Å². The number of hydrogen-bond donors (Lipinski definition) is 3. The van der Waals surface area contributed by atoms with Crippen molar-refractivity contribution in [2.75, 3.05) is 23.7 Å². The maximum absolute atomic E-state index is 12.4. The van der Waals surface area contributed by atoms with Crippen LogP contribution >= 0.6 is 11.3 Å². The second-order valence-electron chi connectivity index (χ2n) is 7.25. The van der Waals surface area contributed by atoms with E-state index in [9.17, 15) is 4.79 Å². The van der Waals surface area contributed by atoms with Crippen molar-refractivity contribution in [1.29, 1.82) is 0 Å². The summed E-state index contributed by atoms with van der Waals surface area (Å²) in [6.07, 6.45) is 2.27. The van der Waals surface area contributed by atoms with Crippen LogP contribution in [0.1, 0.15) is 19.8 Å². The Bertz CT molecular complexity index is 972. The van der Waals surface area contributed by atoms with Crippen molar-refractivity contribution in [1.82, 2.24) is 15.3 Å². The molecule has 3 aromatic rings. The molecule has 0 aliphatic carbocycles. The zero-order valence-electron chi connectivity index (χ0n) is 16.8. The molecule has 8 heteroatoms. The molecule has 1 atom stereocenters. The van der Waals surface area contributed by atoms with Crippen LogP contribution in [0.4, 0.5) is 16.4 Å². The highest BCUT2D eigenvalue weighted by Crippen LogP contribution is 2.26. The zero-order chi connectivity index (χ0) is 20.8. The molecule has 1 aromatic carbocycles. The number of piperidine rings is 1. The number of rotatable bonds is 6. The predicted octanol–water partition coefficient (Wildman–Crippen LogP) is 4.62. The van der Waals surface area contributed by atoms with Gasteiger partial charge in [0.1, 0.15) is 22.7 Å². The molecule has 3 N–H and O–H groups in total. The van der Waals surface area contributed by atoms with E-state index in [0.717, 1.165) is 36.5 Å². The number of nitrogens with zero attached hydrogens (tertiary/aromatic N) is 2. The Labute approximate surface area is 179 Å². The molecular weight excluding hydrogens is 398 g/mol. The van der Waals surface area contributed by atoms with E-state index in [4.69, 9.17) is 4.74 Å². The first kappa shape index (κ1) is 20.3. The van der Waals surface area contributed by atoms with E-state index in [-0.39, 0.29) is 6.10 Å². The summed E-state index contributed by atoms with van der Waals surface area (Å²) >= 11 is 1.48. The molecular formula is C22H25N5O2S. The van der Waals surface area contributed by atoms with Gasteiger partial charge in [0.2, 0.25) is 5.88 Å². The second kappa shape index (κ2) is 9.69. The van der Waals surface area contributed by atoms with Crippen LogP contribution in [0.3, 0.4) is 0 Å². The molecule has 1 unspecified atom stereocenters. The number of aromatic nitrogens is 2. The molecule has 1 fully saturated rings. The Kier molecular flexibility index (Phi) is 6.56. The molecule has 4 rings (SSSR count). The highest BCUT2D eigenvalue weighted by atomic mass is 32.1. The largest absolute Gasteiger partial charge is 0.474 e. The minimum Gasteiger partial charge on any atom is -0.474 e. The van der Waals surface area contributed by atoms with Gasteiger partial charge >= 0.3 is 6.03 Å². The molecule has 3 heterocycles. The van der Waals surface area contributed by atoms with E-state index in [1.54, 1.807) is 6.07 Å². The van der Waals surface area contributed by atoms with Crippen molar-refractivity contribution in [2.45, 2.75) is 25.9 Å². The van der Waals surface area contributed by atoms with Crippen molar-refractivity contribution in [3.8, 4) is 16.5 Å². The lowest BCUT2D eigenvalue weighted by Gasteiger charge is -2.28. The van der Waals surface area contributed by atoms with E-state index in [2.05, 4.69) is 32.8 Å². The van der Waals surface area contributed by atoms with Gasteiger partial charge in [-0.3, -0.25) is 10.6 Å². The summed E-state index contributed by atoms with van der Waals surface area (Å²) < 4.78 is 6.03. The maximum Gasteiger partial charge on any atom is 0.326 e. The van der Waals surface area contributed by atoms with Crippen LogP contribution in [-0.2, 0) is 0 Å². The summed E-state index contributed by atoms with van der Waals surface area (Å²) in [5.74, 6) is 1.96. The standard InChI is InChI=1S/C22H25N5O2S/c1-15(16-10-12-23-13-11-16)29-20-9-5-8-18(24-20)26-22(28)27-19-14-30-21(25-19)17-6-3-2-4-7-17/h2-9,14-16,23H,10-13H2,1H3,(H2,24,26,27,28). The smallest absolute Gasteiger partial charge is 0.326 e. The number of urea groups is 1. The lowest BCUT2D eigenvalue weighted by Crippen LogP contribution is -2.35. The van der Waals surface area contributed by atoms with Crippen molar-refractivity contribution in [2.24, 2.45) is 5.92 Å². The summed E-state index contributed by atoms with van der Waals surface area (Å²) in [5, 5.41) is 11.5. The van der Waals surface area contributed by atoms with Gasteiger partial charge in [0, 0.05) is 17.0 Å². The molecule has 2 aromatic heterocycles. The van der Waals surface area contributed by atoms with E-state index in [1.165, 1.54) is 11.3 Å². The number of pyridine rings is 1. The monoisotopic (exact) mass is 423 g/mol. The number of anilines is 2. The van der Waals surface area contributed by atoms with Gasteiger partial charge in [-0.05, 0) is 44.8 Å². The first-order valence-electron chi connectivity index (χ1n) is 10.1. The van der Waals surface area contributed by atoms with Gasteiger partial charge in [-0.15, -0.1) is 11.3 Å². The van der Waals surface area contributed by atoms with E-state index in [1.807, 2.05) is 47.8 Å². The molecule has 1 aliphatic rings. The topological polar surface area (TPSA) is 88.2 Å². The third-order valence-electron chi connectivity index (χ3n) is 5.09. The van der Waals surface area contributed by atoms with E-state index >= 15 is 0 Å². The van der Waals surface area contributed by atoms with E-state index in [0.29, 0.717) is 23.4 Å². The number of nitrogens with one attached hydrogen (secondary N) is 3. The third kappa shape index (κ3) is 5.34. The number of thiazole rings is 1. The van der Waals surface area contributed by atoms with Gasteiger partial charge in [-0.1, -0.05) is 36.4 Å². The Morgan fingerprint density at radius 1 is 1.07 bits per heavy atom. The molecule has 1 saturated heterocycles. The van der Waals surface area contributed by atoms with Crippen molar-refractivity contribution in [3.63, 3.8) is 0 Å². The van der Waals surface area contributed by atoms with Gasteiger partial charge in [0.05, 0.1) is 0 Å². The fourth-order valence-corrected chi connectivity index (χ4v) is 4.22. The van der Waals surface area contributed by atoms with E-state index < -0.39 is 6.03 Å². The molecule has 1 aliphatic heterocycles. The van der Waals surface area contributed by atoms with Crippen molar-refractivity contribution in [3.05, 3.63) is 53.9 Å². The zero-order valence-corrected chi connectivity index (χ0v) is 17.6. The van der Waals surface area contributed by atoms with Crippen LogP contribution in [0.2, 0.25) is 0 Å². The summed E-state index contributed by atoms with van der Waals surface area (Å²) in [6, 6.07) is 14.8. The summed E-state index contributed by atoms with van der Waals surface area (Å²) in [5.41, 5.74) is 1.02. The Hall–Kier alpha value is -2.97. The molecule has 0 bridgehead atoms. The molecule has 7 nitrogen and oxygen atoms in total. The number of benzene rings is 1. The first-order valence-corrected chi connectivity index (χ1v) is 11.0. The fourth-order valence-electron chi connectivity index (χ4n) is 3.46. The average molecular weight is 424 g/mol. The molecule has 0 saturated carbocycles. The van der Waals surface area contributed by atoms with Crippen molar-refractivity contribution < 1.29 is 9.53 Å². The Morgan fingerprint density at radius 3 is 2.63 bits per heavy atom. The summed E-state index contributed by atoms with van der Waals surface area (Å²) in [4.78, 5) is 21.2. The molecule has 0 radical (unpaired) electrons. The van der Waals surface area contributed by atoms with Crippen LogP contribution in [0.5, 0.6) is 5.88 Å². The molecule has 2 amide bonds. The normalized spacial score (nSPS) is 15.4. The van der Waals surface area contributed by atoms with Gasteiger partial charge in [0.15, 0.2) is 0 Å². The molecule has 30 heavy (non-hydrogen) atoms. The minimum atomic E-state index is -0.393. The average Bonchev–Trinajstić information content (AvgIpc) is 3.23. The first-order chi connectivity index (χ1) is 14.7. The van der Waals surface area contributed by atoms with Gasteiger partial charge in [-0.2, -0.15) is 4.98 Å². The van der Waals surface area contributed by atoms with Gasteiger partial charge in [0.25, 0.3) is 0 Å². The quantitative estimate of drug-likeness (QED) is 0.539. The SMILES string of the molecule is CC(Oc1cccc(NC(=O)Nc2csc(-c3ccccc3)n2)n1)C1CCNCC1. The molecule has 0 spiro atoms. The Balaban J connectivity index is 1.33. The minimum absolute atomic E-state index is 0.0788. The van der Waals surface area contributed by atoms with Crippen LogP contribution < -0.4 is 20.7 Å². The number of carbonyl (C=O) groups is 1. The third-order valence-corrected chi connectivity index (χ3v) is 5.98. The van der Waals surface area contributed by atoms with Crippen molar-refractivity contribution >= 4 is 29.0 Å². The predicted molar refractivity (Wildman–Crippen MR) is 120 cm³/mol. The molecule has 156 valence electrons.